The van der Waals surface area contributed by atoms with Crippen LogP contribution < -0.4 is 5.73 Å². The fourth-order valence-electron chi connectivity index (χ4n) is 5.73. The van der Waals surface area contributed by atoms with Gasteiger partial charge in [0.05, 0.1) is 23.6 Å². The number of terminal acetylenes is 1. The lowest BCUT2D eigenvalue weighted by atomic mass is 9.54. The molecule has 10 nitrogen and oxygen atoms in total. The zero-order valence-corrected chi connectivity index (χ0v) is 18.6. The van der Waals surface area contributed by atoms with Crippen molar-refractivity contribution in [3.05, 3.63) is 45.7 Å². The SMILES string of the molecule is C#Cc1cc(O)c2c(c1)[C@H](C)[C@@H]1C(=C2O)C(=O)[C@]2(O)C(O)=C(C(N)=O)C(=O)[C@@H](N(C)C)[C@@H]2[C@H]1O. The molecule has 1 fully saturated rings. The number of carbonyl (C=O) groups excluding carboxylic acids is 3. The summed E-state index contributed by atoms with van der Waals surface area (Å²) in [5.41, 5.74) is 1.50. The fourth-order valence-corrected chi connectivity index (χ4v) is 5.73. The Kier molecular flexibility index (Phi) is 5.14. The van der Waals surface area contributed by atoms with Crippen molar-refractivity contribution in [2.24, 2.45) is 17.6 Å². The fraction of sp³-hybridized carbons (Fsp3) is 0.375. The number of aliphatic hydroxyl groups excluding tert-OH is 3. The predicted molar refractivity (Wildman–Crippen MR) is 118 cm³/mol. The molecule has 4 rings (SSSR count). The van der Waals surface area contributed by atoms with E-state index >= 15 is 0 Å². The summed E-state index contributed by atoms with van der Waals surface area (Å²) in [6.45, 7) is 1.64. The van der Waals surface area contributed by atoms with E-state index in [-0.39, 0.29) is 5.56 Å². The first-order valence-corrected chi connectivity index (χ1v) is 10.5. The third-order valence-electron chi connectivity index (χ3n) is 7.23. The third-order valence-corrected chi connectivity index (χ3v) is 7.23. The molecule has 1 saturated carbocycles. The number of hydrogen-bond donors (Lipinski definition) is 6. The number of aliphatic hydroxyl groups is 4. The van der Waals surface area contributed by atoms with Crippen molar-refractivity contribution < 1.29 is 39.9 Å². The van der Waals surface area contributed by atoms with Gasteiger partial charge in [0, 0.05) is 17.1 Å². The van der Waals surface area contributed by atoms with Gasteiger partial charge in [0.2, 0.25) is 5.78 Å². The van der Waals surface area contributed by atoms with Gasteiger partial charge in [-0.15, -0.1) is 6.42 Å². The average Bonchev–Trinajstić information content (AvgIpc) is 2.75. The number of rotatable bonds is 2. The summed E-state index contributed by atoms with van der Waals surface area (Å²) in [7, 11) is 2.89. The predicted octanol–water partition coefficient (Wildman–Crippen LogP) is -0.523. The molecule has 0 unspecified atom stereocenters. The van der Waals surface area contributed by atoms with E-state index in [9.17, 15) is 39.9 Å². The molecular weight excluding hydrogens is 444 g/mol. The molecule has 1 amide bonds. The lowest BCUT2D eigenvalue weighted by Gasteiger charge is -2.53. The number of phenolic OH excluding ortho intramolecular Hbond substituents is 1. The van der Waals surface area contributed by atoms with E-state index in [1.54, 1.807) is 6.92 Å². The summed E-state index contributed by atoms with van der Waals surface area (Å²) < 4.78 is 0. The second-order valence-corrected chi connectivity index (χ2v) is 9.15. The third kappa shape index (κ3) is 2.72. The Balaban J connectivity index is 2.07. The van der Waals surface area contributed by atoms with Crippen LogP contribution in [0.25, 0.3) is 5.76 Å². The quantitative estimate of drug-likeness (QED) is 0.246. The Morgan fingerprint density at radius 1 is 1.21 bits per heavy atom. The first kappa shape index (κ1) is 23.5. The van der Waals surface area contributed by atoms with Crippen LogP contribution in [0.1, 0.15) is 29.5 Å². The van der Waals surface area contributed by atoms with E-state index < -0.39 is 81.4 Å². The van der Waals surface area contributed by atoms with Gasteiger partial charge in [0.15, 0.2) is 11.4 Å². The Labute approximate surface area is 194 Å². The molecule has 0 radical (unpaired) electrons. The molecule has 3 aliphatic carbocycles. The summed E-state index contributed by atoms with van der Waals surface area (Å²) in [5.74, 6) is -6.96. The molecule has 6 atom stereocenters. The lowest BCUT2D eigenvalue weighted by Crippen LogP contribution is -2.70. The largest absolute Gasteiger partial charge is 0.508 e. The van der Waals surface area contributed by atoms with Gasteiger partial charge in [-0.05, 0) is 37.7 Å². The minimum atomic E-state index is -2.93. The summed E-state index contributed by atoms with van der Waals surface area (Å²) in [4.78, 5) is 40.1. The number of Topliss-reactive ketones (excluding diaryl/α,β-unsaturated/α-hetero) is 2. The van der Waals surface area contributed by atoms with Crippen LogP contribution in [0.5, 0.6) is 5.75 Å². The summed E-state index contributed by atoms with van der Waals surface area (Å²) in [6.07, 6.45) is 3.81. The van der Waals surface area contributed by atoms with Crippen LogP contribution >= 0.6 is 0 Å². The summed E-state index contributed by atoms with van der Waals surface area (Å²) in [6, 6.07) is 1.35. The van der Waals surface area contributed by atoms with Gasteiger partial charge < -0.3 is 31.3 Å². The van der Waals surface area contributed by atoms with Crippen molar-refractivity contribution in [2.75, 3.05) is 14.1 Å². The van der Waals surface area contributed by atoms with Crippen molar-refractivity contribution in [1.82, 2.24) is 4.90 Å². The highest BCUT2D eigenvalue weighted by Gasteiger charge is 2.68. The van der Waals surface area contributed by atoms with Crippen LogP contribution in [0.2, 0.25) is 0 Å². The number of ketones is 2. The van der Waals surface area contributed by atoms with Crippen molar-refractivity contribution in [3.63, 3.8) is 0 Å². The topological polar surface area (TPSA) is 182 Å². The summed E-state index contributed by atoms with van der Waals surface area (Å²) in [5, 5.41) is 55.4. The second kappa shape index (κ2) is 7.43. The van der Waals surface area contributed by atoms with Crippen molar-refractivity contribution in [3.8, 4) is 18.1 Å². The van der Waals surface area contributed by atoms with Gasteiger partial charge in [-0.25, -0.2) is 0 Å². The van der Waals surface area contributed by atoms with Gasteiger partial charge >= 0.3 is 0 Å². The molecule has 3 aliphatic rings. The van der Waals surface area contributed by atoms with E-state index in [0.717, 1.165) is 0 Å². The number of primary amides is 1. The van der Waals surface area contributed by atoms with Gasteiger partial charge in [-0.1, -0.05) is 12.8 Å². The van der Waals surface area contributed by atoms with Gasteiger partial charge in [-0.3, -0.25) is 19.3 Å². The maximum Gasteiger partial charge on any atom is 0.255 e. The van der Waals surface area contributed by atoms with Crippen LogP contribution in [-0.2, 0) is 14.4 Å². The van der Waals surface area contributed by atoms with Crippen LogP contribution in [0.4, 0.5) is 0 Å². The van der Waals surface area contributed by atoms with Crippen LogP contribution in [0.3, 0.4) is 0 Å². The summed E-state index contributed by atoms with van der Waals surface area (Å²) >= 11 is 0. The molecule has 0 aromatic heterocycles. The Bertz CT molecular complexity index is 1270. The molecule has 34 heavy (non-hydrogen) atoms. The Morgan fingerprint density at radius 2 is 1.82 bits per heavy atom. The van der Waals surface area contributed by atoms with Crippen LogP contribution in [0, 0.1) is 24.2 Å². The molecule has 1 aromatic carbocycles. The lowest BCUT2D eigenvalue weighted by molar-refractivity contribution is -0.169. The van der Waals surface area contributed by atoms with Crippen molar-refractivity contribution in [1.29, 1.82) is 0 Å². The van der Waals surface area contributed by atoms with Gasteiger partial charge in [-0.2, -0.15) is 0 Å². The first-order chi connectivity index (χ1) is 15.8. The number of carbonyl (C=O) groups is 3. The Morgan fingerprint density at radius 3 is 2.35 bits per heavy atom. The number of fused-ring (bicyclic) bond motifs is 3. The highest BCUT2D eigenvalue weighted by atomic mass is 16.4. The molecule has 0 spiro atoms. The number of likely N-dealkylation sites (N-methyl/N-ethyl adjacent to an activating group) is 1. The van der Waals surface area contributed by atoms with E-state index in [1.807, 2.05) is 0 Å². The second-order valence-electron chi connectivity index (χ2n) is 9.15. The monoisotopic (exact) mass is 468 g/mol. The Hall–Kier alpha value is -3.65. The molecule has 1 aromatic rings. The number of hydrogen-bond acceptors (Lipinski definition) is 9. The van der Waals surface area contributed by atoms with Crippen LogP contribution in [-0.4, -0.2) is 79.7 Å². The molecule has 0 aliphatic heterocycles. The average molecular weight is 468 g/mol. The smallest absolute Gasteiger partial charge is 0.255 e. The molecule has 0 saturated heterocycles. The normalized spacial score (nSPS) is 32.8. The number of amides is 1. The molecule has 7 N–H and O–H groups in total. The number of nitrogens with two attached hydrogens (primary N) is 1. The molecular formula is C24H24N2O8. The number of nitrogens with zero attached hydrogens (tertiary/aromatic N) is 1. The zero-order chi connectivity index (χ0) is 25.4. The van der Waals surface area contributed by atoms with E-state index in [1.165, 1.54) is 31.1 Å². The van der Waals surface area contributed by atoms with Gasteiger partial charge in [0.1, 0.15) is 22.8 Å². The highest BCUT2D eigenvalue weighted by Crippen LogP contribution is 2.56. The van der Waals surface area contributed by atoms with Crippen molar-refractivity contribution >= 4 is 23.2 Å². The highest BCUT2D eigenvalue weighted by molar-refractivity contribution is 6.24. The standard InChI is InChI=1S/C24H24N2O8/c1-5-9-6-10-8(2)12-14(18(28)13(10)11(27)7-9)21(31)24(34)16(19(12)29)17(26(3)4)20(30)15(22(24)32)23(25)33/h1,6-8,12,16-17,19,27-29,32,34H,2-4H3,(H2,25,33)/t8-,12+,16+,17-,19-,24-/m0/s1. The first-order valence-electron chi connectivity index (χ1n) is 10.5. The molecule has 0 heterocycles. The molecule has 0 bridgehead atoms. The zero-order valence-electron chi connectivity index (χ0n) is 18.6. The minimum absolute atomic E-state index is 0.102. The maximum absolute atomic E-state index is 13.7. The number of phenols is 1. The maximum atomic E-state index is 13.7. The van der Waals surface area contributed by atoms with Gasteiger partial charge in [0.25, 0.3) is 5.91 Å². The van der Waals surface area contributed by atoms with Crippen molar-refractivity contribution in [2.45, 2.75) is 30.6 Å². The van der Waals surface area contributed by atoms with E-state index in [4.69, 9.17) is 12.2 Å². The van der Waals surface area contributed by atoms with E-state index in [0.29, 0.717) is 11.1 Å². The molecule has 10 heteroatoms. The molecule has 178 valence electrons. The minimum Gasteiger partial charge on any atom is -0.508 e. The number of aromatic hydroxyl groups is 1. The van der Waals surface area contributed by atoms with E-state index in [2.05, 4.69) is 5.92 Å². The van der Waals surface area contributed by atoms with Crippen LogP contribution in [0.15, 0.2) is 29.0 Å². The number of benzene rings is 1.